The smallest absolute Gasteiger partial charge is 0.369 e. The molecule has 1 aromatic carbocycles. The molecule has 1 fully saturated rings. The number of nitrogens with zero attached hydrogens (tertiary/aromatic N) is 4. The van der Waals surface area contributed by atoms with Crippen LogP contribution in [-0.4, -0.2) is 34.9 Å². The first kappa shape index (κ1) is 26.0. The highest BCUT2D eigenvalue weighted by Gasteiger charge is 2.44. The molecule has 1 aliphatic rings. The Morgan fingerprint density at radius 3 is 2.40 bits per heavy atom. The fourth-order valence-corrected chi connectivity index (χ4v) is 4.21. The third kappa shape index (κ3) is 4.95. The molecule has 35 heavy (non-hydrogen) atoms. The van der Waals surface area contributed by atoms with E-state index in [-0.39, 0.29) is 16.9 Å². The van der Waals surface area contributed by atoms with Crippen molar-refractivity contribution in [3.05, 3.63) is 53.1 Å². The Bertz CT molecular complexity index is 1220. The Morgan fingerprint density at radius 2 is 1.94 bits per heavy atom. The maximum Gasteiger partial charge on any atom is 0.420 e. The van der Waals surface area contributed by atoms with Gasteiger partial charge in [0.2, 0.25) is 5.91 Å². The molecule has 12 heteroatoms. The average Bonchev–Trinajstić information content (AvgIpc) is 3.59. The molecule has 7 nitrogen and oxygen atoms in total. The number of nitrogens with two attached hydrogens (primary N) is 1. The Morgan fingerprint density at radius 1 is 1.29 bits per heavy atom. The van der Waals surface area contributed by atoms with Gasteiger partial charge in [-0.2, -0.15) is 18.4 Å². The number of benzene rings is 1. The Hall–Kier alpha value is -3.59. The minimum Gasteiger partial charge on any atom is -0.369 e. The highest BCUT2D eigenvalue weighted by molar-refractivity contribution is 7.80. The second-order valence-corrected chi connectivity index (χ2v) is 9.04. The number of anilines is 2. The van der Waals surface area contributed by atoms with Crippen molar-refractivity contribution in [2.24, 2.45) is 11.7 Å². The van der Waals surface area contributed by atoms with Crippen LogP contribution in [0, 0.1) is 23.1 Å². The van der Waals surface area contributed by atoms with Crippen molar-refractivity contribution in [1.82, 2.24) is 4.98 Å². The Balaban J connectivity index is 2.01. The van der Waals surface area contributed by atoms with E-state index in [9.17, 15) is 22.8 Å². The molecule has 1 aromatic heterocycles. The number of hydrogen-bond acceptors (Lipinski definition) is 5. The number of carbonyl (C=O) groups is 2. The van der Waals surface area contributed by atoms with Gasteiger partial charge in [0.25, 0.3) is 0 Å². The Kier molecular flexibility index (Phi) is 6.86. The van der Waals surface area contributed by atoms with E-state index in [1.807, 2.05) is 0 Å². The van der Waals surface area contributed by atoms with Crippen molar-refractivity contribution >= 4 is 40.9 Å². The van der Waals surface area contributed by atoms with Crippen molar-refractivity contribution in [1.29, 1.82) is 5.26 Å². The minimum atomic E-state index is -5.11. The molecule has 2 unspecified atom stereocenters. The van der Waals surface area contributed by atoms with Crippen LogP contribution in [0.2, 0.25) is 0 Å². The summed E-state index contributed by atoms with van der Waals surface area (Å²) in [4.78, 5) is 29.9. The van der Waals surface area contributed by atoms with Gasteiger partial charge in [0, 0.05) is 24.6 Å². The first-order valence-electron chi connectivity index (χ1n) is 10.3. The summed E-state index contributed by atoms with van der Waals surface area (Å²) in [6, 6.07) is 6.46. The van der Waals surface area contributed by atoms with E-state index in [4.69, 9.17) is 23.2 Å². The molecule has 0 aliphatic heterocycles. The SMILES string of the molecule is CN(C(=S)N(c1ccc(C2CC2C(N)=O)nc1)C(C)(C)C=O)c1ccc(C#N)c(C(F)(F)F)c1F. The molecule has 0 radical (unpaired) electrons. The van der Waals surface area contributed by atoms with Gasteiger partial charge in [-0.05, 0) is 56.8 Å². The minimum absolute atomic E-state index is 0.114. The van der Waals surface area contributed by atoms with Gasteiger partial charge in [-0.1, -0.05) is 0 Å². The number of halogens is 4. The molecule has 3 rings (SSSR count). The quantitative estimate of drug-likeness (QED) is 0.359. The number of hydrogen-bond donors (Lipinski definition) is 1. The predicted octanol–water partition coefficient (Wildman–Crippen LogP) is 3.91. The summed E-state index contributed by atoms with van der Waals surface area (Å²) >= 11 is 5.47. The van der Waals surface area contributed by atoms with Gasteiger partial charge < -0.3 is 20.3 Å². The first-order valence-corrected chi connectivity index (χ1v) is 10.7. The van der Waals surface area contributed by atoms with Crippen LogP contribution in [0.15, 0.2) is 30.5 Å². The van der Waals surface area contributed by atoms with Gasteiger partial charge in [0.1, 0.15) is 11.8 Å². The lowest BCUT2D eigenvalue weighted by atomic mass is 10.0. The van der Waals surface area contributed by atoms with Crippen molar-refractivity contribution in [2.75, 3.05) is 16.8 Å². The predicted molar refractivity (Wildman–Crippen MR) is 124 cm³/mol. The highest BCUT2D eigenvalue weighted by atomic mass is 32.1. The molecule has 1 saturated carbocycles. The molecule has 0 bridgehead atoms. The fraction of sp³-hybridized carbons (Fsp3) is 0.348. The second kappa shape index (κ2) is 9.22. The molecule has 0 spiro atoms. The highest BCUT2D eigenvalue weighted by Crippen LogP contribution is 2.46. The number of aldehydes is 1. The zero-order valence-electron chi connectivity index (χ0n) is 18.9. The Labute approximate surface area is 204 Å². The number of pyridine rings is 1. The van der Waals surface area contributed by atoms with Crippen LogP contribution in [0.5, 0.6) is 0 Å². The van der Waals surface area contributed by atoms with E-state index in [1.54, 1.807) is 12.1 Å². The molecule has 2 atom stereocenters. The van der Waals surface area contributed by atoms with Crippen LogP contribution in [0.3, 0.4) is 0 Å². The zero-order chi connectivity index (χ0) is 26.3. The average molecular weight is 508 g/mol. The standard InChI is InChI=1S/C23H21F4N5O2S/c1-22(2,11-33)32(13-5-6-16(30-10-13)14-8-15(14)20(29)34)21(35)31(3)17-7-4-12(9-28)18(19(17)24)23(25,26)27/h4-7,10-11,14-15H,8H2,1-3H3,(H2,29,34). The number of carbonyl (C=O) groups excluding carboxylic acids is 2. The van der Waals surface area contributed by atoms with Crippen molar-refractivity contribution in [3.8, 4) is 6.07 Å². The summed E-state index contributed by atoms with van der Waals surface area (Å²) in [5, 5.41) is 8.81. The van der Waals surface area contributed by atoms with E-state index in [2.05, 4.69) is 4.98 Å². The third-order valence-electron chi connectivity index (χ3n) is 5.79. The summed E-state index contributed by atoms with van der Waals surface area (Å²) in [6.07, 6.45) is -2.54. The summed E-state index contributed by atoms with van der Waals surface area (Å²) in [7, 11) is 1.25. The van der Waals surface area contributed by atoms with Gasteiger partial charge in [-0.3, -0.25) is 9.78 Å². The van der Waals surface area contributed by atoms with Crippen molar-refractivity contribution < 1.29 is 27.2 Å². The first-order chi connectivity index (χ1) is 16.2. The molecule has 1 amide bonds. The van der Waals surface area contributed by atoms with E-state index in [0.29, 0.717) is 24.1 Å². The van der Waals surface area contributed by atoms with Gasteiger partial charge >= 0.3 is 6.18 Å². The molecule has 2 aromatic rings. The van der Waals surface area contributed by atoms with E-state index < -0.39 is 40.3 Å². The van der Waals surface area contributed by atoms with Crippen LogP contribution >= 0.6 is 12.2 Å². The van der Waals surface area contributed by atoms with Crippen LogP contribution in [0.25, 0.3) is 0 Å². The fourth-order valence-electron chi connectivity index (χ4n) is 3.78. The number of aromatic nitrogens is 1. The second-order valence-electron chi connectivity index (χ2n) is 8.67. The maximum atomic E-state index is 15.0. The van der Waals surface area contributed by atoms with Gasteiger partial charge in [-0.25, -0.2) is 4.39 Å². The van der Waals surface area contributed by atoms with Crippen molar-refractivity contribution in [2.45, 2.75) is 37.9 Å². The lowest BCUT2D eigenvalue weighted by Gasteiger charge is -2.39. The molecular weight excluding hydrogens is 486 g/mol. The summed E-state index contributed by atoms with van der Waals surface area (Å²) < 4.78 is 55.4. The van der Waals surface area contributed by atoms with E-state index >= 15 is 4.39 Å². The topological polar surface area (TPSA) is 103 Å². The van der Waals surface area contributed by atoms with Crippen LogP contribution < -0.4 is 15.5 Å². The number of primary amides is 1. The van der Waals surface area contributed by atoms with E-state index in [0.717, 1.165) is 17.0 Å². The monoisotopic (exact) mass is 507 g/mol. The number of alkyl halides is 3. The zero-order valence-corrected chi connectivity index (χ0v) is 19.7. The van der Waals surface area contributed by atoms with Gasteiger partial charge in [-0.15, -0.1) is 0 Å². The van der Waals surface area contributed by atoms with Crippen LogP contribution in [-0.2, 0) is 15.8 Å². The molecule has 0 saturated heterocycles. The normalized spacial score (nSPS) is 17.3. The number of thiocarbonyl (C=S) groups is 1. The molecule has 1 aliphatic carbocycles. The molecule has 184 valence electrons. The number of rotatable bonds is 6. The summed E-state index contributed by atoms with van der Waals surface area (Å²) in [5.41, 5.74) is 1.88. The number of amides is 1. The number of nitriles is 1. The molecular formula is C23H21F4N5O2S. The largest absolute Gasteiger partial charge is 0.420 e. The van der Waals surface area contributed by atoms with Crippen LogP contribution in [0.1, 0.15) is 43.0 Å². The van der Waals surface area contributed by atoms with Gasteiger partial charge in [0.05, 0.1) is 34.7 Å². The van der Waals surface area contributed by atoms with Gasteiger partial charge in [0.15, 0.2) is 10.9 Å². The maximum absolute atomic E-state index is 15.0. The lowest BCUT2D eigenvalue weighted by molar-refractivity contribution is -0.140. The van der Waals surface area contributed by atoms with E-state index in [1.165, 1.54) is 38.1 Å². The molecule has 2 N–H and O–H groups in total. The third-order valence-corrected chi connectivity index (χ3v) is 6.25. The van der Waals surface area contributed by atoms with Crippen LogP contribution in [0.4, 0.5) is 28.9 Å². The summed E-state index contributed by atoms with van der Waals surface area (Å²) in [5.74, 6) is -2.50. The van der Waals surface area contributed by atoms with Crippen molar-refractivity contribution in [3.63, 3.8) is 0 Å². The molecule has 1 heterocycles. The summed E-state index contributed by atoms with van der Waals surface area (Å²) in [6.45, 7) is 3.04. The lowest BCUT2D eigenvalue weighted by Crippen LogP contribution is -2.54.